The molecule has 1 aromatic heterocycles. The Morgan fingerprint density at radius 2 is 2.05 bits per heavy atom. The fourth-order valence-electron chi connectivity index (χ4n) is 2.33. The molecule has 0 saturated heterocycles. The molecule has 0 aliphatic rings. The summed E-state index contributed by atoms with van der Waals surface area (Å²) in [6.07, 6.45) is 1.61. The average molecular weight is 288 g/mol. The van der Waals surface area contributed by atoms with E-state index in [4.69, 9.17) is 11.6 Å². The highest BCUT2D eigenvalue weighted by Crippen LogP contribution is 2.27. The van der Waals surface area contributed by atoms with Crippen LogP contribution >= 0.6 is 11.6 Å². The summed E-state index contributed by atoms with van der Waals surface area (Å²) in [5.41, 5.74) is 2.26. The molecule has 3 rings (SSSR count). The molecule has 0 amide bonds. The number of carbonyl (C=O) groups excluding carboxylic acids is 1. The Morgan fingerprint density at radius 1 is 1.25 bits per heavy atom. The highest BCUT2D eigenvalue weighted by molar-refractivity contribution is 6.35. The summed E-state index contributed by atoms with van der Waals surface area (Å²) in [6, 6.07) is 9.67. The number of para-hydroxylation sites is 1. The van der Waals surface area contributed by atoms with Gasteiger partial charge in [-0.15, -0.1) is 0 Å². The van der Waals surface area contributed by atoms with E-state index in [1.54, 1.807) is 31.3 Å². The number of fused-ring (bicyclic) bond motifs is 1. The number of hydrogen-bond acceptors (Lipinski definition) is 1. The number of rotatable bonds is 2. The molecular formula is C16H11ClFNO. The van der Waals surface area contributed by atoms with Crippen molar-refractivity contribution >= 4 is 28.3 Å². The summed E-state index contributed by atoms with van der Waals surface area (Å²) >= 11 is 6.07. The summed E-state index contributed by atoms with van der Waals surface area (Å²) in [6.45, 7) is 1.76. The van der Waals surface area contributed by atoms with Crippen LogP contribution in [0.15, 0.2) is 42.6 Å². The van der Waals surface area contributed by atoms with E-state index in [2.05, 4.69) is 4.98 Å². The Labute approximate surface area is 120 Å². The largest absolute Gasteiger partial charge is 0.359 e. The van der Waals surface area contributed by atoms with E-state index >= 15 is 0 Å². The zero-order valence-corrected chi connectivity index (χ0v) is 11.5. The highest BCUT2D eigenvalue weighted by atomic mass is 35.5. The second-order valence-corrected chi connectivity index (χ2v) is 5.12. The van der Waals surface area contributed by atoms with Crippen molar-refractivity contribution in [3.63, 3.8) is 0 Å². The standard InChI is InChI=1S/C16H11ClFNO/c1-9-5-10(7-11(18)6-9)16(20)13-8-19-15-12(13)3-2-4-14(15)17/h2-8,19H,1H3. The molecule has 0 unspecified atom stereocenters. The molecular weight excluding hydrogens is 277 g/mol. The Bertz CT molecular complexity index is 802. The molecule has 0 radical (unpaired) electrons. The third-order valence-corrected chi connectivity index (χ3v) is 3.53. The van der Waals surface area contributed by atoms with Gasteiger partial charge in [-0.05, 0) is 36.8 Å². The minimum absolute atomic E-state index is 0.221. The summed E-state index contributed by atoms with van der Waals surface area (Å²) in [7, 11) is 0. The van der Waals surface area contributed by atoms with Gasteiger partial charge in [0.05, 0.1) is 10.5 Å². The smallest absolute Gasteiger partial charge is 0.195 e. The number of halogens is 2. The van der Waals surface area contributed by atoms with Crippen molar-refractivity contribution in [2.75, 3.05) is 0 Å². The van der Waals surface area contributed by atoms with Gasteiger partial charge < -0.3 is 4.98 Å². The van der Waals surface area contributed by atoms with E-state index in [9.17, 15) is 9.18 Å². The van der Waals surface area contributed by atoms with Crippen molar-refractivity contribution in [2.24, 2.45) is 0 Å². The number of hydrogen-bond donors (Lipinski definition) is 1. The van der Waals surface area contributed by atoms with Gasteiger partial charge in [0.2, 0.25) is 0 Å². The third-order valence-electron chi connectivity index (χ3n) is 3.21. The summed E-state index contributed by atoms with van der Waals surface area (Å²) in [4.78, 5) is 15.5. The molecule has 2 nitrogen and oxygen atoms in total. The van der Waals surface area contributed by atoms with Crippen molar-refractivity contribution in [1.82, 2.24) is 4.98 Å². The Balaban J connectivity index is 2.15. The van der Waals surface area contributed by atoms with Gasteiger partial charge in [0.25, 0.3) is 0 Å². The predicted molar refractivity (Wildman–Crippen MR) is 77.9 cm³/mol. The first-order chi connectivity index (χ1) is 9.56. The molecule has 0 aliphatic heterocycles. The predicted octanol–water partition coefficient (Wildman–Crippen LogP) is 4.50. The first-order valence-electron chi connectivity index (χ1n) is 6.14. The van der Waals surface area contributed by atoms with Crippen molar-refractivity contribution in [3.8, 4) is 0 Å². The summed E-state index contributed by atoms with van der Waals surface area (Å²) in [5.74, 6) is -0.632. The monoisotopic (exact) mass is 287 g/mol. The fourth-order valence-corrected chi connectivity index (χ4v) is 2.56. The van der Waals surface area contributed by atoms with Crippen LogP contribution in [0.4, 0.5) is 4.39 Å². The second kappa shape index (κ2) is 4.76. The number of aryl methyl sites for hydroxylation is 1. The number of H-pyrrole nitrogens is 1. The quantitative estimate of drug-likeness (QED) is 0.692. The SMILES string of the molecule is Cc1cc(F)cc(C(=O)c2c[nH]c3c(Cl)cccc23)c1. The normalized spacial score (nSPS) is 10.9. The van der Waals surface area contributed by atoms with Crippen LogP contribution in [0.1, 0.15) is 21.5 Å². The van der Waals surface area contributed by atoms with Crippen molar-refractivity contribution in [3.05, 3.63) is 70.1 Å². The number of aromatic nitrogens is 1. The van der Waals surface area contributed by atoms with Crippen LogP contribution in [0.25, 0.3) is 10.9 Å². The zero-order chi connectivity index (χ0) is 14.3. The number of aromatic amines is 1. The lowest BCUT2D eigenvalue weighted by Gasteiger charge is -2.02. The molecule has 20 heavy (non-hydrogen) atoms. The molecule has 0 spiro atoms. The lowest BCUT2D eigenvalue weighted by Crippen LogP contribution is -2.01. The van der Waals surface area contributed by atoms with Gasteiger partial charge in [-0.1, -0.05) is 23.7 Å². The van der Waals surface area contributed by atoms with E-state index in [0.717, 1.165) is 5.39 Å². The number of benzene rings is 2. The molecule has 0 saturated carbocycles. The van der Waals surface area contributed by atoms with E-state index in [0.29, 0.717) is 27.2 Å². The molecule has 0 atom stereocenters. The molecule has 4 heteroatoms. The first kappa shape index (κ1) is 12.9. The van der Waals surface area contributed by atoms with E-state index in [1.807, 2.05) is 6.07 Å². The van der Waals surface area contributed by atoms with Crippen LogP contribution in [-0.4, -0.2) is 10.8 Å². The van der Waals surface area contributed by atoms with Gasteiger partial charge in [0.1, 0.15) is 5.82 Å². The van der Waals surface area contributed by atoms with E-state index < -0.39 is 5.82 Å². The lowest BCUT2D eigenvalue weighted by atomic mass is 10.0. The van der Waals surface area contributed by atoms with Gasteiger partial charge in [0, 0.05) is 22.7 Å². The minimum atomic E-state index is -0.411. The molecule has 100 valence electrons. The van der Waals surface area contributed by atoms with Crippen LogP contribution in [0.2, 0.25) is 5.02 Å². The molecule has 0 fully saturated rings. The van der Waals surface area contributed by atoms with Gasteiger partial charge >= 0.3 is 0 Å². The maximum absolute atomic E-state index is 13.4. The Hall–Kier alpha value is -2.13. The summed E-state index contributed by atoms with van der Waals surface area (Å²) < 4.78 is 13.4. The Kier molecular flexibility index (Phi) is 3.07. The van der Waals surface area contributed by atoms with Crippen LogP contribution in [0, 0.1) is 12.7 Å². The van der Waals surface area contributed by atoms with Crippen molar-refractivity contribution in [2.45, 2.75) is 6.92 Å². The minimum Gasteiger partial charge on any atom is -0.359 e. The first-order valence-corrected chi connectivity index (χ1v) is 6.51. The fraction of sp³-hybridized carbons (Fsp3) is 0.0625. The molecule has 0 bridgehead atoms. The molecule has 3 aromatic rings. The average Bonchev–Trinajstić information content (AvgIpc) is 2.82. The molecule has 2 aromatic carbocycles. The van der Waals surface area contributed by atoms with Crippen molar-refractivity contribution < 1.29 is 9.18 Å². The molecule has 0 aliphatic carbocycles. The summed E-state index contributed by atoms with van der Waals surface area (Å²) in [5, 5.41) is 1.29. The van der Waals surface area contributed by atoms with Crippen LogP contribution < -0.4 is 0 Å². The van der Waals surface area contributed by atoms with E-state index in [1.165, 1.54) is 12.1 Å². The number of carbonyl (C=O) groups is 1. The second-order valence-electron chi connectivity index (χ2n) is 4.71. The third kappa shape index (κ3) is 2.10. The zero-order valence-electron chi connectivity index (χ0n) is 10.7. The molecule has 1 N–H and O–H groups in total. The lowest BCUT2D eigenvalue weighted by molar-refractivity contribution is 0.104. The van der Waals surface area contributed by atoms with Gasteiger partial charge in [0.15, 0.2) is 5.78 Å². The van der Waals surface area contributed by atoms with Gasteiger partial charge in [-0.2, -0.15) is 0 Å². The van der Waals surface area contributed by atoms with Crippen LogP contribution in [0.3, 0.4) is 0 Å². The van der Waals surface area contributed by atoms with E-state index in [-0.39, 0.29) is 5.78 Å². The maximum atomic E-state index is 13.4. The van der Waals surface area contributed by atoms with Crippen molar-refractivity contribution in [1.29, 1.82) is 0 Å². The van der Waals surface area contributed by atoms with Crippen LogP contribution in [0.5, 0.6) is 0 Å². The number of nitrogens with one attached hydrogen (secondary N) is 1. The number of ketones is 1. The highest BCUT2D eigenvalue weighted by Gasteiger charge is 2.16. The van der Waals surface area contributed by atoms with Crippen LogP contribution in [-0.2, 0) is 0 Å². The Morgan fingerprint density at radius 3 is 2.80 bits per heavy atom. The topological polar surface area (TPSA) is 32.9 Å². The van der Waals surface area contributed by atoms with Gasteiger partial charge in [-0.3, -0.25) is 4.79 Å². The maximum Gasteiger partial charge on any atom is 0.195 e. The van der Waals surface area contributed by atoms with Gasteiger partial charge in [-0.25, -0.2) is 4.39 Å². The molecule has 1 heterocycles.